The Balaban J connectivity index is 3.55. The Kier molecular flexibility index (Phi) is 9.03. The van der Waals surface area contributed by atoms with E-state index in [-0.39, 0.29) is 5.97 Å². The topological polar surface area (TPSA) is 70.8 Å². The van der Waals surface area contributed by atoms with Crippen LogP contribution in [0.5, 0.6) is 0 Å². The molecule has 1 atom stereocenters. The van der Waals surface area contributed by atoms with Crippen LogP contribution < -0.4 is 5.73 Å². The summed E-state index contributed by atoms with van der Waals surface area (Å²) in [6.07, 6.45) is 2.34. The predicted octanol–water partition coefficient (Wildman–Crippen LogP) is 1.10. The molecule has 0 aromatic rings. The second-order valence-electron chi connectivity index (χ2n) is 4.20. The fourth-order valence-corrected chi connectivity index (χ4v) is 1.34. The van der Waals surface area contributed by atoms with Crippen LogP contribution in [-0.2, 0) is 19.0 Å². The highest BCUT2D eigenvalue weighted by atomic mass is 16.5. The number of carbonyl (C=O) groups excluding carboxylic acids is 1. The molecule has 5 heteroatoms. The van der Waals surface area contributed by atoms with Crippen molar-refractivity contribution in [2.24, 2.45) is 5.73 Å². The molecule has 0 rings (SSSR count). The maximum Gasteiger partial charge on any atom is 0.325 e. The van der Waals surface area contributed by atoms with Crippen LogP contribution in [0.1, 0.15) is 33.1 Å². The molecule has 0 aromatic carbocycles. The second-order valence-corrected chi connectivity index (χ2v) is 4.20. The summed E-state index contributed by atoms with van der Waals surface area (Å²) in [4.78, 5) is 11.5. The van der Waals surface area contributed by atoms with Crippen molar-refractivity contribution >= 4 is 5.97 Å². The van der Waals surface area contributed by atoms with E-state index in [2.05, 4.69) is 0 Å². The summed E-state index contributed by atoms with van der Waals surface area (Å²) in [5, 5.41) is 0. The third-order valence-corrected chi connectivity index (χ3v) is 2.41. The van der Waals surface area contributed by atoms with E-state index in [4.69, 9.17) is 19.9 Å². The monoisotopic (exact) mass is 247 g/mol. The van der Waals surface area contributed by atoms with Crippen molar-refractivity contribution in [3.05, 3.63) is 0 Å². The molecule has 5 nitrogen and oxygen atoms in total. The average Bonchev–Trinajstić information content (AvgIpc) is 2.28. The number of hydrogen-bond donors (Lipinski definition) is 1. The summed E-state index contributed by atoms with van der Waals surface area (Å²) in [6.45, 7) is 5.73. The number of unbranched alkanes of at least 4 members (excludes halogenated alkanes) is 1. The summed E-state index contributed by atoms with van der Waals surface area (Å²) in [5.41, 5.74) is 4.99. The fourth-order valence-electron chi connectivity index (χ4n) is 1.34. The molecule has 0 aliphatic carbocycles. The number of esters is 1. The minimum Gasteiger partial charge on any atom is -0.465 e. The van der Waals surface area contributed by atoms with Crippen molar-refractivity contribution in [3.8, 4) is 0 Å². The van der Waals surface area contributed by atoms with Crippen molar-refractivity contribution in [2.75, 3.05) is 33.5 Å². The van der Waals surface area contributed by atoms with E-state index in [1.165, 1.54) is 0 Å². The van der Waals surface area contributed by atoms with Gasteiger partial charge in [-0.05, 0) is 33.1 Å². The summed E-state index contributed by atoms with van der Waals surface area (Å²) in [5.74, 6) is -0.333. The smallest absolute Gasteiger partial charge is 0.325 e. The van der Waals surface area contributed by atoms with Crippen molar-refractivity contribution in [3.63, 3.8) is 0 Å². The lowest BCUT2D eigenvalue weighted by atomic mass is 9.96. The van der Waals surface area contributed by atoms with Gasteiger partial charge in [-0.2, -0.15) is 0 Å². The SMILES string of the molecule is CCOC(=O)C(C)(N)CCCCOCCOC. The van der Waals surface area contributed by atoms with Gasteiger partial charge in [-0.25, -0.2) is 0 Å². The van der Waals surface area contributed by atoms with Gasteiger partial charge in [0.15, 0.2) is 0 Å². The van der Waals surface area contributed by atoms with E-state index in [0.717, 1.165) is 12.8 Å². The van der Waals surface area contributed by atoms with Gasteiger partial charge in [-0.1, -0.05) is 0 Å². The number of nitrogens with two attached hydrogens (primary N) is 1. The van der Waals surface area contributed by atoms with Crippen molar-refractivity contribution in [2.45, 2.75) is 38.6 Å². The van der Waals surface area contributed by atoms with Gasteiger partial charge >= 0.3 is 5.97 Å². The van der Waals surface area contributed by atoms with Crippen LogP contribution >= 0.6 is 0 Å². The lowest BCUT2D eigenvalue weighted by molar-refractivity contribution is -0.149. The highest BCUT2D eigenvalue weighted by Crippen LogP contribution is 2.12. The molecule has 0 aromatic heterocycles. The summed E-state index contributed by atoms with van der Waals surface area (Å²) in [7, 11) is 1.64. The minimum absolute atomic E-state index is 0.333. The molecule has 0 saturated carbocycles. The molecule has 0 fully saturated rings. The third kappa shape index (κ3) is 8.12. The number of rotatable bonds is 10. The zero-order valence-electron chi connectivity index (χ0n) is 11.2. The molecular formula is C12H25NO4. The Morgan fingerprint density at radius 2 is 1.94 bits per heavy atom. The second kappa shape index (κ2) is 9.39. The normalized spacial score (nSPS) is 14.4. The van der Waals surface area contributed by atoms with E-state index in [1.807, 2.05) is 0 Å². The molecule has 0 bridgehead atoms. The van der Waals surface area contributed by atoms with Gasteiger partial charge in [-0.3, -0.25) is 4.79 Å². The lowest BCUT2D eigenvalue weighted by Gasteiger charge is -2.21. The van der Waals surface area contributed by atoms with E-state index in [0.29, 0.717) is 32.8 Å². The van der Waals surface area contributed by atoms with Crippen LogP contribution in [0.2, 0.25) is 0 Å². The van der Waals surface area contributed by atoms with Gasteiger partial charge in [0, 0.05) is 13.7 Å². The van der Waals surface area contributed by atoms with Gasteiger partial charge in [-0.15, -0.1) is 0 Å². The van der Waals surface area contributed by atoms with Gasteiger partial charge in [0.2, 0.25) is 0 Å². The quantitative estimate of drug-likeness (QED) is 0.462. The molecule has 17 heavy (non-hydrogen) atoms. The number of hydrogen-bond acceptors (Lipinski definition) is 5. The molecule has 0 saturated heterocycles. The first-order valence-electron chi connectivity index (χ1n) is 6.07. The largest absolute Gasteiger partial charge is 0.465 e. The lowest BCUT2D eigenvalue weighted by Crippen LogP contribution is -2.46. The first-order chi connectivity index (χ1) is 8.04. The van der Waals surface area contributed by atoms with Crippen molar-refractivity contribution in [1.29, 1.82) is 0 Å². The van der Waals surface area contributed by atoms with Crippen molar-refractivity contribution < 1.29 is 19.0 Å². The molecule has 0 heterocycles. The van der Waals surface area contributed by atoms with Gasteiger partial charge < -0.3 is 19.9 Å². The van der Waals surface area contributed by atoms with E-state index < -0.39 is 5.54 Å². The molecule has 0 aliphatic heterocycles. The zero-order chi connectivity index (χ0) is 13.1. The Bertz CT molecular complexity index is 207. The van der Waals surface area contributed by atoms with Crippen LogP contribution in [0, 0.1) is 0 Å². The first-order valence-corrected chi connectivity index (χ1v) is 6.07. The fraction of sp³-hybridized carbons (Fsp3) is 0.917. The highest BCUT2D eigenvalue weighted by molar-refractivity contribution is 5.79. The Morgan fingerprint density at radius 1 is 1.24 bits per heavy atom. The van der Waals surface area contributed by atoms with E-state index in [9.17, 15) is 4.79 Å². The minimum atomic E-state index is -0.886. The van der Waals surface area contributed by atoms with Gasteiger partial charge in [0.05, 0.1) is 19.8 Å². The third-order valence-electron chi connectivity index (χ3n) is 2.41. The Morgan fingerprint density at radius 3 is 2.53 bits per heavy atom. The molecule has 102 valence electrons. The van der Waals surface area contributed by atoms with E-state index >= 15 is 0 Å². The van der Waals surface area contributed by atoms with Crippen LogP contribution in [0.4, 0.5) is 0 Å². The van der Waals surface area contributed by atoms with Crippen LogP contribution in [-0.4, -0.2) is 45.0 Å². The van der Waals surface area contributed by atoms with E-state index in [1.54, 1.807) is 21.0 Å². The Hall–Kier alpha value is -0.650. The molecular weight excluding hydrogens is 222 g/mol. The summed E-state index contributed by atoms with van der Waals surface area (Å²) < 4.78 is 15.1. The summed E-state index contributed by atoms with van der Waals surface area (Å²) >= 11 is 0. The summed E-state index contributed by atoms with van der Waals surface area (Å²) in [6, 6.07) is 0. The predicted molar refractivity (Wildman–Crippen MR) is 65.8 cm³/mol. The van der Waals surface area contributed by atoms with Gasteiger partial charge in [0.25, 0.3) is 0 Å². The number of carbonyl (C=O) groups is 1. The van der Waals surface area contributed by atoms with Crippen LogP contribution in [0.15, 0.2) is 0 Å². The molecule has 0 radical (unpaired) electrons. The number of ether oxygens (including phenoxy) is 3. The molecule has 0 amide bonds. The molecule has 0 spiro atoms. The average molecular weight is 247 g/mol. The Labute approximate surface area is 104 Å². The molecule has 2 N–H and O–H groups in total. The highest BCUT2D eigenvalue weighted by Gasteiger charge is 2.28. The van der Waals surface area contributed by atoms with Gasteiger partial charge in [0.1, 0.15) is 5.54 Å². The van der Waals surface area contributed by atoms with Crippen molar-refractivity contribution in [1.82, 2.24) is 0 Å². The first kappa shape index (κ1) is 16.4. The zero-order valence-corrected chi connectivity index (χ0v) is 11.2. The van der Waals surface area contributed by atoms with Crippen LogP contribution in [0.3, 0.4) is 0 Å². The maximum atomic E-state index is 11.5. The maximum absolute atomic E-state index is 11.5. The molecule has 1 unspecified atom stereocenters. The molecule has 0 aliphatic rings. The standard InChI is InChI=1S/C12H25NO4/c1-4-17-11(14)12(2,13)7-5-6-8-16-10-9-15-3/h4-10,13H2,1-3H3. The number of methoxy groups -OCH3 is 1. The van der Waals surface area contributed by atoms with Crippen LogP contribution in [0.25, 0.3) is 0 Å².